The molecular weight excluding hydrogens is 548 g/mol. The number of nitrogens with one attached hydrogen (secondary N) is 2. The Morgan fingerprint density at radius 1 is 1.05 bits per heavy atom. The highest BCUT2D eigenvalue weighted by Crippen LogP contribution is 2.31. The van der Waals surface area contributed by atoms with Gasteiger partial charge >= 0.3 is 0 Å². The molecule has 0 atom stereocenters. The highest BCUT2D eigenvalue weighted by atomic mass is 16.2. The molecule has 2 amide bonds. The van der Waals surface area contributed by atoms with Crippen LogP contribution in [0, 0.1) is 6.92 Å². The molecule has 4 aromatic rings. The van der Waals surface area contributed by atoms with Crippen LogP contribution < -0.4 is 15.5 Å². The summed E-state index contributed by atoms with van der Waals surface area (Å²) in [6, 6.07) is 14.6. The van der Waals surface area contributed by atoms with Crippen molar-refractivity contribution < 1.29 is 9.59 Å². The largest absolute Gasteiger partial charge is 0.354 e. The molecule has 44 heavy (non-hydrogen) atoms. The molecule has 2 N–H and O–H groups in total. The number of piperazine rings is 1. The average molecular weight is 593 g/mol. The smallest absolute Gasteiger partial charge is 0.252 e. The molecule has 1 fully saturated rings. The number of benzene rings is 2. The lowest BCUT2D eigenvalue weighted by molar-refractivity contribution is -0.111. The van der Waals surface area contributed by atoms with Crippen LogP contribution in [0.1, 0.15) is 60.3 Å². The van der Waals surface area contributed by atoms with Gasteiger partial charge in [-0.05, 0) is 99.0 Å². The van der Waals surface area contributed by atoms with Gasteiger partial charge < -0.3 is 25.0 Å². The third-order valence-electron chi connectivity index (χ3n) is 8.42. The molecule has 0 unspecified atom stereocenters. The summed E-state index contributed by atoms with van der Waals surface area (Å²) in [6.07, 6.45) is 7.02. The van der Waals surface area contributed by atoms with Crippen LogP contribution in [0.3, 0.4) is 0 Å². The predicted molar refractivity (Wildman–Crippen MR) is 180 cm³/mol. The zero-order chi connectivity index (χ0) is 31.4. The summed E-state index contributed by atoms with van der Waals surface area (Å²) < 4.78 is 2.20. The third kappa shape index (κ3) is 6.70. The molecule has 3 heterocycles. The fraction of sp³-hybridized carbons (Fsp3) is 0.361. The molecule has 2 aromatic heterocycles. The number of nitrogens with zero attached hydrogens (tertiary/aromatic N) is 4. The van der Waals surface area contributed by atoms with Crippen molar-refractivity contribution in [2.75, 3.05) is 43.4 Å². The number of hydrogen-bond acceptors (Lipinski definition) is 5. The van der Waals surface area contributed by atoms with Gasteiger partial charge in [-0.2, -0.15) is 0 Å². The van der Waals surface area contributed by atoms with Gasteiger partial charge in [-0.15, -0.1) is 0 Å². The molecule has 5 rings (SSSR count). The van der Waals surface area contributed by atoms with E-state index in [-0.39, 0.29) is 17.9 Å². The lowest BCUT2D eigenvalue weighted by atomic mass is 9.97. The maximum atomic E-state index is 14.0. The summed E-state index contributed by atoms with van der Waals surface area (Å²) >= 11 is 0. The van der Waals surface area contributed by atoms with Gasteiger partial charge in [0.05, 0.1) is 0 Å². The van der Waals surface area contributed by atoms with Crippen LogP contribution in [-0.2, 0) is 17.8 Å². The van der Waals surface area contributed by atoms with E-state index >= 15 is 0 Å². The van der Waals surface area contributed by atoms with Crippen molar-refractivity contribution in [2.45, 2.75) is 53.1 Å². The number of carbonyl (C=O) groups is 2. The monoisotopic (exact) mass is 592 g/mol. The van der Waals surface area contributed by atoms with Gasteiger partial charge in [0.2, 0.25) is 5.91 Å². The van der Waals surface area contributed by atoms with Crippen LogP contribution in [0.5, 0.6) is 0 Å². The first-order chi connectivity index (χ1) is 21.2. The van der Waals surface area contributed by atoms with Crippen LogP contribution in [0.2, 0.25) is 0 Å². The second kappa shape index (κ2) is 13.5. The summed E-state index contributed by atoms with van der Waals surface area (Å²) in [4.78, 5) is 35.7. The van der Waals surface area contributed by atoms with Crippen molar-refractivity contribution in [2.24, 2.45) is 0 Å². The van der Waals surface area contributed by atoms with Crippen molar-refractivity contribution in [1.29, 1.82) is 0 Å². The molecule has 8 nitrogen and oxygen atoms in total. The molecule has 8 heteroatoms. The Morgan fingerprint density at radius 2 is 1.82 bits per heavy atom. The molecule has 1 aliphatic heterocycles. The summed E-state index contributed by atoms with van der Waals surface area (Å²) in [5.41, 5.74) is 7.32. The van der Waals surface area contributed by atoms with Gasteiger partial charge in [0, 0.05) is 78.9 Å². The summed E-state index contributed by atoms with van der Waals surface area (Å²) in [6.45, 7) is 16.3. The first kappa shape index (κ1) is 31.0. The Bertz CT molecular complexity index is 1660. The highest BCUT2D eigenvalue weighted by molar-refractivity contribution is 6.08. The van der Waals surface area contributed by atoms with Gasteiger partial charge in [0.25, 0.3) is 5.91 Å². The third-order valence-corrected chi connectivity index (χ3v) is 8.42. The minimum Gasteiger partial charge on any atom is -0.354 e. The van der Waals surface area contributed by atoms with Crippen molar-refractivity contribution in [3.05, 3.63) is 89.8 Å². The summed E-state index contributed by atoms with van der Waals surface area (Å²) in [5, 5.41) is 7.03. The van der Waals surface area contributed by atoms with Crippen LogP contribution >= 0.6 is 0 Å². The second-order valence-corrected chi connectivity index (χ2v) is 12.0. The molecule has 1 aliphatic rings. The fourth-order valence-electron chi connectivity index (χ4n) is 6.00. The Hall–Kier alpha value is -4.43. The van der Waals surface area contributed by atoms with Gasteiger partial charge in [0.15, 0.2) is 0 Å². The van der Waals surface area contributed by atoms with Crippen molar-refractivity contribution >= 4 is 34.2 Å². The fourth-order valence-corrected chi connectivity index (χ4v) is 6.00. The first-order valence-electron chi connectivity index (χ1n) is 15.6. The van der Waals surface area contributed by atoms with Crippen molar-refractivity contribution in [3.63, 3.8) is 0 Å². The second-order valence-electron chi connectivity index (χ2n) is 12.0. The highest BCUT2D eigenvalue weighted by Gasteiger charge is 2.19. The quantitative estimate of drug-likeness (QED) is 0.210. The number of pyridine rings is 1. The number of hydrogen-bond donors (Lipinski definition) is 2. The van der Waals surface area contributed by atoms with Crippen LogP contribution in [-0.4, -0.2) is 59.5 Å². The minimum absolute atomic E-state index is 0.163. The van der Waals surface area contributed by atoms with E-state index < -0.39 is 0 Å². The molecule has 230 valence electrons. The Kier molecular flexibility index (Phi) is 9.49. The molecule has 0 aliphatic carbocycles. The van der Waals surface area contributed by atoms with E-state index in [1.807, 2.05) is 37.5 Å². The van der Waals surface area contributed by atoms with Crippen molar-refractivity contribution in [3.8, 4) is 11.1 Å². The lowest BCUT2D eigenvalue weighted by Crippen LogP contribution is -2.44. The Labute approximate surface area is 260 Å². The van der Waals surface area contributed by atoms with Gasteiger partial charge in [-0.3, -0.25) is 9.59 Å². The number of likely N-dealkylation sites (N-methyl/N-ethyl adjacent to an activating group) is 1. The zero-order valence-electron chi connectivity index (χ0n) is 26.6. The van der Waals surface area contributed by atoms with Crippen LogP contribution in [0.4, 0.5) is 11.5 Å². The van der Waals surface area contributed by atoms with E-state index in [2.05, 4.69) is 83.7 Å². The Balaban J connectivity index is 1.48. The van der Waals surface area contributed by atoms with E-state index in [4.69, 9.17) is 4.98 Å². The molecule has 0 saturated carbocycles. The summed E-state index contributed by atoms with van der Waals surface area (Å²) in [7, 11) is 2.15. The first-order valence-corrected chi connectivity index (χ1v) is 15.6. The zero-order valence-corrected chi connectivity index (χ0v) is 26.6. The number of aryl methyl sites for hydroxylation is 2. The van der Waals surface area contributed by atoms with Crippen LogP contribution in [0.25, 0.3) is 22.0 Å². The normalized spacial score (nSPS) is 13.8. The van der Waals surface area contributed by atoms with Gasteiger partial charge in [-0.1, -0.05) is 26.0 Å². The number of rotatable bonds is 10. The molecule has 0 spiro atoms. The predicted octanol–water partition coefficient (Wildman–Crippen LogP) is 6.35. The molecule has 0 radical (unpaired) electrons. The van der Waals surface area contributed by atoms with E-state index in [1.165, 1.54) is 6.08 Å². The standard InChI is InChI=1S/C36H44N6O2/c1-7-9-26-18-25(5)19-32(39-35(43)8-2)31(26)23-38-36(44)30-20-28(21-33-29(30)12-13-42(33)24(3)4)27-10-11-34(37-22-27)41-16-14-40(6)15-17-41/h8,10-13,18-22,24H,2,7,9,14-17,23H2,1,3-6H3,(H,38,44)(H,39,43). The van der Waals surface area contributed by atoms with E-state index in [0.29, 0.717) is 17.8 Å². The molecule has 2 aromatic carbocycles. The van der Waals surface area contributed by atoms with E-state index in [0.717, 1.165) is 83.6 Å². The number of amides is 2. The topological polar surface area (TPSA) is 82.5 Å². The van der Waals surface area contributed by atoms with Gasteiger partial charge in [0.1, 0.15) is 5.82 Å². The number of carbonyl (C=O) groups excluding carboxylic acids is 2. The molecule has 1 saturated heterocycles. The lowest BCUT2D eigenvalue weighted by Gasteiger charge is -2.33. The van der Waals surface area contributed by atoms with Crippen molar-refractivity contribution in [1.82, 2.24) is 19.8 Å². The minimum atomic E-state index is -0.276. The van der Waals surface area contributed by atoms with E-state index in [9.17, 15) is 9.59 Å². The number of aromatic nitrogens is 2. The number of fused-ring (bicyclic) bond motifs is 1. The van der Waals surface area contributed by atoms with Crippen LogP contribution in [0.15, 0.2) is 67.5 Å². The molecular formula is C36H44N6O2. The SMILES string of the molecule is C=CC(=O)Nc1cc(C)cc(CCC)c1CNC(=O)c1cc(-c2ccc(N3CCN(C)CC3)nc2)cc2c1ccn2C(C)C. The molecule has 0 bridgehead atoms. The maximum Gasteiger partial charge on any atom is 0.252 e. The number of anilines is 2. The average Bonchev–Trinajstić information content (AvgIpc) is 3.45. The summed E-state index contributed by atoms with van der Waals surface area (Å²) in [5.74, 6) is 0.540. The maximum absolute atomic E-state index is 14.0. The Morgan fingerprint density at radius 3 is 2.48 bits per heavy atom. The van der Waals surface area contributed by atoms with Gasteiger partial charge in [-0.25, -0.2) is 4.98 Å². The van der Waals surface area contributed by atoms with E-state index in [1.54, 1.807) is 0 Å².